The maximum Gasteiger partial charge on any atom is 0.261 e. The van der Waals surface area contributed by atoms with Gasteiger partial charge in [0.05, 0.1) is 11.8 Å². The third kappa shape index (κ3) is 2.70. The minimum atomic E-state index is -0.0000131. The lowest BCUT2D eigenvalue weighted by Crippen LogP contribution is -2.49. The normalized spacial score (nSPS) is 21.0. The molecule has 3 aromatic rings. The highest BCUT2D eigenvalue weighted by atomic mass is 16.3. The SMILES string of the molecule is O=C(c1ccccc1)N1C[C@H]2C[C@H](C1)c1ccc(-c3ccco3)c(=O)n1C2. The Labute approximate surface area is 156 Å². The summed E-state index contributed by atoms with van der Waals surface area (Å²) in [4.78, 5) is 27.8. The third-order valence-electron chi connectivity index (χ3n) is 5.70. The molecule has 2 aliphatic rings. The van der Waals surface area contributed by atoms with E-state index >= 15 is 0 Å². The number of benzene rings is 1. The maximum absolute atomic E-state index is 13.0. The van der Waals surface area contributed by atoms with Crippen molar-refractivity contribution in [2.24, 2.45) is 5.92 Å². The van der Waals surface area contributed by atoms with E-state index in [-0.39, 0.29) is 17.4 Å². The van der Waals surface area contributed by atoms with Crippen molar-refractivity contribution in [3.05, 3.63) is 82.5 Å². The summed E-state index contributed by atoms with van der Waals surface area (Å²) < 4.78 is 7.31. The average molecular weight is 360 g/mol. The molecule has 0 spiro atoms. The van der Waals surface area contributed by atoms with E-state index in [4.69, 9.17) is 4.42 Å². The van der Waals surface area contributed by atoms with Crippen molar-refractivity contribution in [3.8, 4) is 11.3 Å². The second-order valence-corrected chi connectivity index (χ2v) is 7.44. The van der Waals surface area contributed by atoms with Crippen molar-refractivity contribution in [2.75, 3.05) is 13.1 Å². The Morgan fingerprint density at radius 1 is 0.963 bits per heavy atom. The second kappa shape index (κ2) is 6.27. The van der Waals surface area contributed by atoms with Crippen LogP contribution in [-0.2, 0) is 6.54 Å². The highest BCUT2D eigenvalue weighted by Crippen LogP contribution is 2.36. The number of nitrogens with zero attached hydrogens (tertiary/aromatic N) is 2. The lowest BCUT2D eigenvalue weighted by atomic mass is 9.82. The Balaban J connectivity index is 1.47. The summed E-state index contributed by atoms with van der Waals surface area (Å²) in [6.07, 6.45) is 2.61. The number of hydrogen-bond donors (Lipinski definition) is 0. The molecular weight excluding hydrogens is 340 g/mol. The van der Waals surface area contributed by atoms with Crippen LogP contribution in [-0.4, -0.2) is 28.5 Å². The number of pyridine rings is 1. The number of likely N-dealkylation sites (tertiary alicyclic amines) is 1. The molecule has 2 atom stereocenters. The van der Waals surface area contributed by atoms with E-state index in [2.05, 4.69) is 0 Å². The quantitative estimate of drug-likeness (QED) is 0.704. The molecule has 27 heavy (non-hydrogen) atoms. The molecule has 2 aromatic heterocycles. The number of carbonyl (C=O) groups excluding carboxylic acids is 1. The number of carbonyl (C=O) groups is 1. The molecule has 0 saturated carbocycles. The fourth-order valence-corrected chi connectivity index (χ4v) is 4.49. The Morgan fingerprint density at radius 2 is 1.81 bits per heavy atom. The molecule has 2 aliphatic heterocycles. The summed E-state index contributed by atoms with van der Waals surface area (Å²) in [5.74, 6) is 1.18. The topological polar surface area (TPSA) is 55.5 Å². The van der Waals surface area contributed by atoms with Crippen LogP contribution in [0.3, 0.4) is 0 Å². The highest BCUT2D eigenvalue weighted by molar-refractivity contribution is 5.94. The Hall–Kier alpha value is -3.08. The predicted octanol–water partition coefficient (Wildman–Crippen LogP) is 3.37. The minimum Gasteiger partial charge on any atom is -0.464 e. The molecule has 5 heteroatoms. The predicted molar refractivity (Wildman–Crippen MR) is 102 cm³/mol. The molecular formula is C22H20N2O3. The minimum absolute atomic E-state index is 0.0000131. The Bertz CT molecular complexity index is 1040. The van der Waals surface area contributed by atoms with E-state index in [0.29, 0.717) is 36.9 Å². The lowest BCUT2D eigenvalue weighted by Gasteiger charge is -2.43. The average Bonchev–Trinajstić information content (AvgIpc) is 3.23. The fourth-order valence-electron chi connectivity index (χ4n) is 4.49. The number of amides is 1. The Morgan fingerprint density at radius 3 is 2.59 bits per heavy atom. The van der Waals surface area contributed by atoms with E-state index in [1.807, 2.05) is 58.0 Å². The van der Waals surface area contributed by atoms with Crippen molar-refractivity contribution in [1.29, 1.82) is 0 Å². The van der Waals surface area contributed by atoms with E-state index < -0.39 is 0 Å². The van der Waals surface area contributed by atoms with Crippen LogP contribution in [0.15, 0.2) is 70.1 Å². The molecule has 0 N–H and O–H groups in total. The number of rotatable bonds is 2. The van der Waals surface area contributed by atoms with Gasteiger partial charge in [-0.15, -0.1) is 0 Å². The van der Waals surface area contributed by atoms with Crippen LogP contribution in [0.1, 0.15) is 28.4 Å². The number of fused-ring (bicyclic) bond motifs is 4. The largest absolute Gasteiger partial charge is 0.464 e. The van der Waals surface area contributed by atoms with Crippen LogP contribution in [0.5, 0.6) is 0 Å². The van der Waals surface area contributed by atoms with Crippen LogP contribution in [0, 0.1) is 5.92 Å². The van der Waals surface area contributed by atoms with Gasteiger partial charge in [-0.25, -0.2) is 0 Å². The molecule has 5 rings (SSSR count). The van der Waals surface area contributed by atoms with Crippen molar-refractivity contribution in [3.63, 3.8) is 0 Å². The van der Waals surface area contributed by atoms with E-state index in [0.717, 1.165) is 17.7 Å². The fraction of sp³-hybridized carbons (Fsp3) is 0.273. The number of hydrogen-bond acceptors (Lipinski definition) is 3. The molecule has 0 aliphatic carbocycles. The molecule has 2 bridgehead atoms. The first-order valence-corrected chi connectivity index (χ1v) is 9.32. The number of piperidine rings is 1. The molecule has 1 saturated heterocycles. The molecule has 0 unspecified atom stereocenters. The highest BCUT2D eigenvalue weighted by Gasteiger charge is 2.37. The third-order valence-corrected chi connectivity index (χ3v) is 5.70. The van der Waals surface area contributed by atoms with E-state index in [1.165, 1.54) is 0 Å². The van der Waals surface area contributed by atoms with Gasteiger partial charge in [0.15, 0.2) is 0 Å². The summed E-state index contributed by atoms with van der Waals surface area (Å²) in [5, 5.41) is 0. The summed E-state index contributed by atoms with van der Waals surface area (Å²) in [7, 11) is 0. The van der Waals surface area contributed by atoms with Crippen molar-refractivity contribution < 1.29 is 9.21 Å². The van der Waals surface area contributed by atoms with Gasteiger partial charge in [-0.05, 0) is 48.7 Å². The lowest BCUT2D eigenvalue weighted by molar-refractivity contribution is 0.0594. The standard InChI is InChI=1S/C22H20N2O3/c25-21(16-5-2-1-3-6-16)23-12-15-11-17(14-23)19-9-8-18(20-7-4-10-27-20)22(26)24(19)13-15/h1-10,15,17H,11-14H2/t15-,17-/m1/s1. The van der Waals surface area contributed by atoms with Crippen molar-refractivity contribution in [1.82, 2.24) is 9.47 Å². The van der Waals surface area contributed by atoms with Crippen LogP contribution < -0.4 is 5.56 Å². The van der Waals surface area contributed by atoms with Gasteiger partial charge in [0, 0.05) is 36.8 Å². The van der Waals surface area contributed by atoms with Gasteiger partial charge in [0.25, 0.3) is 11.5 Å². The number of furan rings is 1. The Kier molecular flexibility index (Phi) is 3.74. The molecule has 1 aromatic carbocycles. The zero-order valence-electron chi connectivity index (χ0n) is 14.9. The molecule has 5 nitrogen and oxygen atoms in total. The smallest absolute Gasteiger partial charge is 0.261 e. The zero-order valence-corrected chi connectivity index (χ0v) is 14.9. The number of aromatic nitrogens is 1. The zero-order chi connectivity index (χ0) is 18.4. The van der Waals surface area contributed by atoms with Gasteiger partial charge in [-0.2, -0.15) is 0 Å². The summed E-state index contributed by atoms with van der Waals surface area (Å²) >= 11 is 0. The maximum atomic E-state index is 13.0. The molecule has 0 radical (unpaired) electrons. The summed E-state index contributed by atoms with van der Waals surface area (Å²) in [6.45, 7) is 2.00. The van der Waals surface area contributed by atoms with Crippen LogP contribution in [0.25, 0.3) is 11.3 Å². The van der Waals surface area contributed by atoms with Gasteiger partial charge in [0.1, 0.15) is 5.76 Å². The first-order chi connectivity index (χ1) is 13.2. The van der Waals surface area contributed by atoms with Crippen LogP contribution in [0.2, 0.25) is 0 Å². The van der Waals surface area contributed by atoms with Crippen LogP contribution >= 0.6 is 0 Å². The van der Waals surface area contributed by atoms with Crippen LogP contribution in [0.4, 0.5) is 0 Å². The molecule has 4 heterocycles. The van der Waals surface area contributed by atoms with Gasteiger partial charge < -0.3 is 13.9 Å². The first-order valence-electron chi connectivity index (χ1n) is 9.32. The molecule has 1 fully saturated rings. The monoisotopic (exact) mass is 360 g/mol. The molecule has 136 valence electrons. The van der Waals surface area contributed by atoms with Gasteiger partial charge in [-0.1, -0.05) is 18.2 Å². The molecule has 1 amide bonds. The van der Waals surface area contributed by atoms with E-state index in [1.54, 1.807) is 12.3 Å². The van der Waals surface area contributed by atoms with Gasteiger partial charge in [0.2, 0.25) is 0 Å². The van der Waals surface area contributed by atoms with Crippen molar-refractivity contribution in [2.45, 2.75) is 18.9 Å². The van der Waals surface area contributed by atoms with E-state index in [9.17, 15) is 9.59 Å². The van der Waals surface area contributed by atoms with Gasteiger partial charge in [-0.3, -0.25) is 9.59 Å². The van der Waals surface area contributed by atoms with Gasteiger partial charge >= 0.3 is 0 Å². The van der Waals surface area contributed by atoms with Crippen molar-refractivity contribution >= 4 is 5.91 Å². The summed E-state index contributed by atoms with van der Waals surface area (Å²) in [6, 6.07) is 16.9. The first kappa shape index (κ1) is 16.1. The second-order valence-electron chi connectivity index (χ2n) is 7.44. The summed E-state index contributed by atoms with van der Waals surface area (Å²) in [5.41, 5.74) is 2.35.